The summed E-state index contributed by atoms with van der Waals surface area (Å²) in [6, 6.07) is 9.48. The van der Waals surface area contributed by atoms with Crippen molar-refractivity contribution >= 4 is 0 Å². The molecule has 2 N–H and O–H groups in total. The summed E-state index contributed by atoms with van der Waals surface area (Å²) in [5.74, 6) is 0.633. The van der Waals surface area contributed by atoms with Crippen LogP contribution in [0.2, 0.25) is 0 Å². The maximum Gasteiger partial charge on any atom is -0.00205 e. The summed E-state index contributed by atoms with van der Waals surface area (Å²) in [6.45, 7) is 5.43. The van der Waals surface area contributed by atoms with E-state index in [9.17, 15) is 0 Å². The van der Waals surface area contributed by atoms with Gasteiger partial charge in [0.15, 0.2) is 0 Å². The molecule has 0 aromatic heterocycles. The molecule has 3 fully saturated rings. The van der Waals surface area contributed by atoms with E-state index in [4.69, 9.17) is 5.73 Å². The van der Waals surface area contributed by atoms with Crippen LogP contribution in [0, 0.1) is 5.41 Å². The van der Waals surface area contributed by atoms with Crippen LogP contribution in [-0.2, 0) is 5.41 Å². The summed E-state index contributed by atoms with van der Waals surface area (Å²) in [5.41, 5.74) is 10.0. The van der Waals surface area contributed by atoms with Crippen molar-refractivity contribution in [2.24, 2.45) is 11.1 Å². The van der Waals surface area contributed by atoms with Crippen LogP contribution in [0.5, 0.6) is 0 Å². The van der Waals surface area contributed by atoms with E-state index in [0.29, 0.717) is 16.7 Å². The van der Waals surface area contributed by atoms with Crippen LogP contribution >= 0.6 is 0 Å². The minimum absolute atomic E-state index is 0.479. The monoisotopic (exact) mass is 257 g/mol. The van der Waals surface area contributed by atoms with Crippen LogP contribution < -0.4 is 5.73 Å². The molecular formula is C18H27N. The van der Waals surface area contributed by atoms with E-state index in [1.165, 1.54) is 44.1 Å². The lowest BCUT2D eigenvalue weighted by molar-refractivity contribution is 0.0471. The first-order chi connectivity index (χ1) is 9.09. The molecule has 0 unspecified atom stereocenters. The zero-order valence-corrected chi connectivity index (χ0v) is 12.4. The highest BCUT2D eigenvalue weighted by Crippen LogP contribution is 2.57. The summed E-state index contributed by atoms with van der Waals surface area (Å²) in [6.07, 6.45) is 8.09. The highest BCUT2D eigenvalue weighted by atomic mass is 14.6. The molecule has 0 aliphatic heterocycles. The fraction of sp³-hybridized carbons (Fsp3) is 0.667. The van der Waals surface area contributed by atoms with Gasteiger partial charge in [-0.05, 0) is 72.9 Å². The lowest BCUT2D eigenvalue weighted by atomic mass is 9.52. The maximum absolute atomic E-state index is 6.01. The quantitative estimate of drug-likeness (QED) is 0.855. The minimum atomic E-state index is 0.479. The molecule has 0 heterocycles. The highest BCUT2D eigenvalue weighted by Gasteiger charge is 2.48. The molecule has 0 radical (unpaired) electrons. The van der Waals surface area contributed by atoms with Gasteiger partial charge in [-0.2, -0.15) is 0 Å². The van der Waals surface area contributed by atoms with Crippen molar-refractivity contribution in [3.63, 3.8) is 0 Å². The summed E-state index contributed by atoms with van der Waals surface area (Å²) in [7, 11) is 0. The largest absolute Gasteiger partial charge is 0.330 e. The van der Waals surface area contributed by atoms with Gasteiger partial charge in [0.1, 0.15) is 0 Å². The van der Waals surface area contributed by atoms with Crippen molar-refractivity contribution in [3.05, 3.63) is 35.4 Å². The van der Waals surface area contributed by atoms with E-state index >= 15 is 0 Å². The molecule has 1 nitrogen and oxygen atoms in total. The van der Waals surface area contributed by atoms with Crippen molar-refractivity contribution < 1.29 is 0 Å². The van der Waals surface area contributed by atoms with Gasteiger partial charge in [0, 0.05) is 0 Å². The van der Waals surface area contributed by atoms with Crippen molar-refractivity contribution in [1.82, 2.24) is 0 Å². The molecule has 3 saturated carbocycles. The molecule has 1 heteroatoms. The highest BCUT2D eigenvalue weighted by molar-refractivity contribution is 5.32. The number of rotatable bonds is 3. The predicted molar refractivity (Wildman–Crippen MR) is 81.4 cm³/mol. The van der Waals surface area contributed by atoms with Gasteiger partial charge in [-0.1, -0.05) is 38.1 Å². The van der Waals surface area contributed by atoms with Crippen LogP contribution in [0.3, 0.4) is 0 Å². The SMILES string of the molecule is CC(C)c1ccc(C23CCC(CN)(CC2)CC3)cc1. The van der Waals surface area contributed by atoms with E-state index in [0.717, 1.165) is 6.54 Å². The molecule has 0 spiro atoms. The third-order valence-corrected chi connectivity index (χ3v) is 6.02. The fourth-order valence-electron chi connectivity index (χ4n) is 4.22. The van der Waals surface area contributed by atoms with Crippen molar-refractivity contribution in [3.8, 4) is 0 Å². The Hall–Kier alpha value is -0.820. The van der Waals surface area contributed by atoms with Gasteiger partial charge in [0.05, 0.1) is 0 Å². The zero-order chi connectivity index (χ0) is 13.5. The Morgan fingerprint density at radius 1 is 0.947 bits per heavy atom. The van der Waals surface area contributed by atoms with Gasteiger partial charge in [-0.25, -0.2) is 0 Å². The summed E-state index contributed by atoms with van der Waals surface area (Å²) < 4.78 is 0. The maximum atomic E-state index is 6.01. The molecular weight excluding hydrogens is 230 g/mol. The van der Waals surface area contributed by atoms with Crippen LogP contribution in [0.4, 0.5) is 0 Å². The molecule has 1 aromatic rings. The number of nitrogens with two attached hydrogens (primary N) is 1. The molecule has 3 aliphatic rings. The van der Waals surface area contributed by atoms with E-state index in [-0.39, 0.29) is 0 Å². The Morgan fingerprint density at radius 3 is 1.89 bits per heavy atom. The second kappa shape index (κ2) is 4.63. The van der Waals surface area contributed by atoms with Crippen LogP contribution in [0.1, 0.15) is 69.4 Å². The molecule has 19 heavy (non-hydrogen) atoms. The first kappa shape index (κ1) is 13.2. The smallest absolute Gasteiger partial charge is 0.00205 e. The first-order valence-corrected chi connectivity index (χ1v) is 7.90. The van der Waals surface area contributed by atoms with Crippen molar-refractivity contribution in [1.29, 1.82) is 0 Å². The van der Waals surface area contributed by atoms with Crippen molar-refractivity contribution in [2.45, 2.75) is 63.7 Å². The van der Waals surface area contributed by atoms with Crippen molar-refractivity contribution in [2.75, 3.05) is 6.54 Å². The third-order valence-electron chi connectivity index (χ3n) is 6.02. The lowest BCUT2D eigenvalue weighted by Gasteiger charge is -2.53. The van der Waals surface area contributed by atoms with Crippen LogP contribution in [-0.4, -0.2) is 6.54 Å². The average molecular weight is 257 g/mol. The predicted octanol–water partition coefficient (Wildman–Crippen LogP) is 4.36. The fourth-order valence-corrected chi connectivity index (χ4v) is 4.22. The Labute approximate surface area is 117 Å². The number of hydrogen-bond donors (Lipinski definition) is 1. The topological polar surface area (TPSA) is 26.0 Å². The molecule has 3 aliphatic carbocycles. The second-order valence-corrected chi connectivity index (χ2v) is 7.26. The molecule has 4 rings (SSSR count). The molecule has 0 amide bonds. The molecule has 0 atom stereocenters. The van der Waals surface area contributed by atoms with E-state index in [1.54, 1.807) is 5.56 Å². The van der Waals surface area contributed by atoms with Gasteiger partial charge in [-0.3, -0.25) is 0 Å². The molecule has 0 saturated heterocycles. The summed E-state index contributed by atoms with van der Waals surface area (Å²) in [4.78, 5) is 0. The Kier molecular flexibility index (Phi) is 3.21. The normalized spacial score (nSPS) is 33.9. The van der Waals surface area contributed by atoms with Gasteiger partial charge in [0.2, 0.25) is 0 Å². The van der Waals surface area contributed by atoms with Gasteiger partial charge in [0.25, 0.3) is 0 Å². The average Bonchev–Trinajstić information content (AvgIpc) is 2.49. The summed E-state index contributed by atoms with van der Waals surface area (Å²) in [5, 5.41) is 0. The van der Waals surface area contributed by atoms with E-state index < -0.39 is 0 Å². The Balaban J connectivity index is 1.83. The van der Waals surface area contributed by atoms with Crippen LogP contribution in [0.15, 0.2) is 24.3 Å². The Bertz CT molecular complexity index is 419. The second-order valence-electron chi connectivity index (χ2n) is 7.26. The van der Waals surface area contributed by atoms with E-state index in [2.05, 4.69) is 38.1 Å². The summed E-state index contributed by atoms with van der Waals surface area (Å²) >= 11 is 0. The Morgan fingerprint density at radius 2 is 1.47 bits per heavy atom. The molecule has 104 valence electrons. The number of hydrogen-bond acceptors (Lipinski definition) is 1. The van der Waals surface area contributed by atoms with Gasteiger partial charge < -0.3 is 5.73 Å². The van der Waals surface area contributed by atoms with Crippen LogP contribution in [0.25, 0.3) is 0 Å². The lowest BCUT2D eigenvalue weighted by Crippen LogP contribution is -2.47. The van der Waals surface area contributed by atoms with Gasteiger partial charge >= 0.3 is 0 Å². The first-order valence-electron chi connectivity index (χ1n) is 7.90. The van der Waals surface area contributed by atoms with Gasteiger partial charge in [-0.15, -0.1) is 0 Å². The number of benzene rings is 1. The molecule has 1 aromatic carbocycles. The number of fused-ring (bicyclic) bond motifs is 3. The minimum Gasteiger partial charge on any atom is -0.330 e. The zero-order valence-electron chi connectivity index (χ0n) is 12.4. The molecule has 2 bridgehead atoms. The van der Waals surface area contributed by atoms with E-state index in [1.807, 2.05) is 0 Å². The third kappa shape index (κ3) is 2.12. The standard InChI is InChI=1S/C18H27N/c1-14(2)15-3-5-16(6-4-15)18-10-7-17(13-19,8-11-18)9-12-18/h3-6,14H,7-13,19H2,1-2H3.